The van der Waals surface area contributed by atoms with Crippen LogP contribution in [0.2, 0.25) is 0 Å². The van der Waals surface area contributed by atoms with Gasteiger partial charge in [-0.15, -0.1) is 0 Å². The molecule has 4 heteroatoms. The minimum Gasteiger partial charge on any atom is -0.388 e. The molecule has 0 fully saturated rings. The number of hydrogen-bond donors (Lipinski definition) is 2. The molecule has 0 amide bonds. The van der Waals surface area contributed by atoms with Crippen LogP contribution in [0.15, 0.2) is 12.3 Å². The lowest BCUT2D eigenvalue weighted by Crippen LogP contribution is -2.21. The highest BCUT2D eigenvalue weighted by atomic mass is 19.1. The Hall–Kier alpha value is -1.00. The van der Waals surface area contributed by atoms with Gasteiger partial charge in [0, 0.05) is 18.2 Å². The highest BCUT2D eigenvalue weighted by molar-refractivity contribution is 5.37. The zero-order valence-corrected chi connectivity index (χ0v) is 7.87. The quantitative estimate of drug-likeness (QED) is 0.666. The van der Waals surface area contributed by atoms with Gasteiger partial charge in [-0.2, -0.15) is 4.39 Å². The predicted octanol–water partition coefficient (Wildman–Crippen LogP) is 1.26. The molecule has 14 heavy (non-hydrogen) atoms. The molecule has 0 bridgehead atoms. The predicted molar refractivity (Wildman–Crippen MR) is 48.0 cm³/mol. The van der Waals surface area contributed by atoms with Crippen LogP contribution < -0.4 is 0 Å². The fourth-order valence-electron chi connectivity index (χ4n) is 2.04. The first-order valence-electron chi connectivity index (χ1n) is 4.64. The Balaban J connectivity index is 2.60. The second-order valence-corrected chi connectivity index (χ2v) is 3.67. The lowest BCUT2D eigenvalue weighted by atomic mass is 9.94. The number of fused-ring (bicyclic) bond motifs is 1. The van der Waals surface area contributed by atoms with Crippen molar-refractivity contribution in [3.8, 4) is 0 Å². The Kier molecular flexibility index (Phi) is 2.05. The van der Waals surface area contributed by atoms with Crippen molar-refractivity contribution >= 4 is 0 Å². The average Bonchev–Trinajstić information content (AvgIpc) is 2.41. The number of aromatic nitrogens is 1. The smallest absolute Gasteiger partial charge is 0.219 e. The fourth-order valence-corrected chi connectivity index (χ4v) is 2.04. The van der Waals surface area contributed by atoms with Gasteiger partial charge in [0.2, 0.25) is 5.95 Å². The molecule has 0 aromatic carbocycles. The van der Waals surface area contributed by atoms with Crippen molar-refractivity contribution in [2.24, 2.45) is 0 Å². The van der Waals surface area contributed by atoms with E-state index < -0.39 is 17.7 Å². The summed E-state index contributed by atoms with van der Waals surface area (Å²) in [5.41, 5.74) is -0.477. The summed E-state index contributed by atoms with van der Waals surface area (Å²) in [5, 5.41) is 19.7. The van der Waals surface area contributed by atoms with Gasteiger partial charge >= 0.3 is 0 Å². The summed E-state index contributed by atoms with van der Waals surface area (Å²) in [5.74, 6) is -0.681. The number of aliphatic hydroxyl groups excluding tert-OH is 1. The minimum atomic E-state index is -1.10. The van der Waals surface area contributed by atoms with E-state index in [4.69, 9.17) is 0 Å². The van der Waals surface area contributed by atoms with Crippen LogP contribution >= 0.6 is 0 Å². The molecule has 2 N–H and O–H groups in total. The Morgan fingerprint density at radius 2 is 2.43 bits per heavy atom. The molecule has 1 aliphatic rings. The topological polar surface area (TPSA) is 53.4 Å². The molecule has 0 spiro atoms. The highest BCUT2D eigenvalue weighted by Crippen LogP contribution is 2.45. The van der Waals surface area contributed by atoms with Gasteiger partial charge in [0.15, 0.2) is 0 Å². The van der Waals surface area contributed by atoms with E-state index in [9.17, 15) is 14.6 Å². The number of hydrogen-bond acceptors (Lipinski definition) is 3. The lowest BCUT2D eigenvalue weighted by molar-refractivity contribution is 0.00277. The first-order valence-corrected chi connectivity index (χ1v) is 4.64. The van der Waals surface area contributed by atoms with E-state index >= 15 is 0 Å². The molecular weight excluding hydrogens is 185 g/mol. The number of nitrogens with zero attached hydrogens (tertiary/aromatic N) is 1. The Morgan fingerprint density at radius 3 is 3.07 bits per heavy atom. The van der Waals surface area contributed by atoms with Crippen LogP contribution in [0.1, 0.15) is 37.0 Å². The number of rotatable bonds is 1. The standard InChI is InChI=1S/C10H12FNO2/c1-2-10(14)5-7(13)8-6(10)3-4-12-9(8)11/h3-4,7,13-14H,2,5H2,1H3/t7-,10+/m0/s1. The molecule has 0 radical (unpaired) electrons. The molecule has 1 heterocycles. The molecule has 0 saturated carbocycles. The van der Waals surface area contributed by atoms with Crippen molar-refractivity contribution in [3.63, 3.8) is 0 Å². The van der Waals surface area contributed by atoms with E-state index in [1.165, 1.54) is 6.20 Å². The fraction of sp³-hybridized carbons (Fsp3) is 0.500. The maximum atomic E-state index is 13.2. The monoisotopic (exact) mass is 197 g/mol. The first-order chi connectivity index (χ1) is 6.58. The third-order valence-electron chi connectivity index (χ3n) is 2.89. The van der Waals surface area contributed by atoms with Gasteiger partial charge in [0.05, 0.1) is 11.7 Å². The van der Waals surface area contributed by atoms with Crippen LogP contribution in [0.25, 0.3) is 0 Å². The summed E-state index contributed by atoms with van der Waals surface area (Å²) in [6, 6.07) is 1.57. The van der Waals surface area contributed by atoms with E-state index in [1.807, 2.05) is 0 Å². The SMILES string of the molecule is CC[C@@]1(O)C[C@H](O)c2c1ccnc2F. The third kappa shape index (κ3) is 1.14. The van der Waals surface area contributed by atoms with E-state index in [2.05, 4.69) is 4.98 Å². The van der Waals surface area contributed by atoms with Gasteiger partial charge in [0.1, 0.15) is 0 Å². The third-order valence-corrected chi connectivity index (χ3v) is 2.89. The summed E-state index contributed by atoms with van der Waals surface area (Å²) in [6.45, 7) is 1.81. The van der Waals surface area contributed by atoms with Crippen LogP contribution in [-0.4, -0.2) is 15.2 Å². The normalized spacial score (nSPS) is 30.4. The van der Waals surface area contributed by atoms with E-state index in [0.717, 1.165) is 0 Å². The van der Waals surface area contributed by atoms with E-state index in [1.54, 1.807) is 13.0 Å². The zero-order valence-electron chi connectivity index (χ0n) is 7.87. The molecule has 0 unspecified atom stereocenters. The van der Waals surface area contributed by atoms with Crippen molar-refractivity contribution in [1.82, 2.24) is 4.98 Å². The molecular formula is C10H12FNO2. The molecule has 1 aromatic rings. The van der Waals surface area contributed by atoms with E-state index in [-0.39, 0.29) is 12.0 Å². The summed E-state index contributed by atoms with van der Waals surface area (Å²) in [6.07, 6.45) is 0.984. The van der Waals surface area contributed by atoms with Crippen molar-refractivity contribution in [1.29, 1.82) is 0 Å². The maximum absolute atomic E-state index is 13.2. The molecule has 1 aliphatic carbocycles. The second kappa shape index (κ2) is 3.00. The first kappa shape index (κ1) is 9.55. The summed E-state index contributed by atoms with van der Waals surface area (Å²) in [4.78, 5) is 3.46. The largest absolute Gasteiger partial charge is 0.388 e. The van der Waals surface area contributed by atoms with Crippen molar-refractivity contribution < 1.29 is 14.6 Å². The summed E-state index contributed by atoms with van der Waals surface area (Å²) in [7, 11) is 0. The molecule has 0 aliphatic heterocycles. The molecule has 76 valence electrons. The summed E-state index contributed by atoms with van der Waals surface area (Å²) < 4.78 is 13.2. The van der Waals surface area contributed by atoms with E-state index in [0.29, 0.717) is 12.0 Å². The number of pyridine rings is 1. The minimum absolute atomic E-state index is 0.150. The second-order valence-electron chi connectivity index (χ2n) is 3.67. The highest BCUT2D eigenvalue weighted by Gasteiger charge is 2.42. The van der Waals surface area contributed by atoms with Crippen molar-refractivity contribution in [2.75, 3.05) is 0 Å². The molecule has 2 atom stereocenters. The number of aliphatic hydroxyl groups is 2. The average molecular weight is 197 g/mol. The zero-order chi connectivity index (χ0) is 10.3. The van der Waals surface area contributed by atoms with Crippen LogP contribution in [-0.2, 0) is 5.60 Å². The molecule has 2 rings (SSSR count). The van der Waals surface area contributed by atoms with Gasteiger partial charge in [-0.1, -0.05) is 6.92 Å². The molecule has 0 saturated heterocycles. The maximum Gasteiger partial charge on any atom is 0.219 e. The Labute approximate surface area is 81.2 Å². The van der Waals surface area contributed by atoms with Crippen LogP contribution in [0.3, 0.4) is 0 Å². The molecule has 1 aromatic heterocycles. The van der Waals surface area contributed by atoms with Crippen LogP contribution in [0.4, 0.5) is 4.39 Å². The van der Waals surface area contributed by atoms with Crippen LogP contribution in [0.5, 0.6) is 0 Å². The van der Waals surface area contributed by atoms with Gasteiger partial charge in [-0.05, 0) is 18.1 Å². The number of halogens is 1. The van der Waals surface area contributed by atoms with Crippen LogP contribution in [0, 0.1) is 5.95 Å². The van der Waals surface area contributed by atoms with Gasteiger partial charge in [-0.3, -0.25) is 0 Å². The summed E-state index contributed by atoms with van der Waals surface area (Å²) >= 11 is 0. The van der Waals surface area contributed by atoms with Crippen molar-refractivity contribution in [2.45, 2.75) is 31.5 Å². The van der Waals surface area contributed by atoms with Crippen molar-refractivity contribution in [3.05, 3.63) is 29.3 Å². The Bertz CT molecular complexity index is 369. The van der Waals surface area contributed by atoms with Gasteiger partial charge in [0.25, 0.3) is 0 Å². The van der Waals surface area contributed by atoms with Gasteiger partial charge in [-0.25, -0.2) is 4.98 Å². The lowest BCUT2D eigenvalue weighted by Gasteiger charge is -2.21. The Morgan fingerprint density at radius 1 is 1.71 bits per heavy atom. The molecule has 3 nitrogen and oxygen atoms in total. The van der Waals surface area contributed by atoms with Gasteiger partial charge < -0.3 is 10.2 Å².